The van der Waals surface area contributed by atoms with Gasteiger partial charge in [0.25, 0.3) is 5.69 Å². The Balaban J connectivity index is 1.85. The molecule has 2 aromatic carbocycles. The number of fused-ring (bicyclic) bond motifs is 2. The van der Waals surface area contributed by atoms with Gasteiger partial charge in [-0.05, 0) is 29.3 Å². The molecule has 0 unspecified atom stereocenters. The number of nitro groups is 1. The molecule has 2 aromatic rings. The standard InChI is InChI=1S/C18H14N2O5/c1-11(21)25-18(12-6-8-13(9-7-12)20(23)24)10-17(18)14-4-2-3-5-15(14)19-16(17)22/h2-9H,10H2,1H3,(H,19,22)/t17-,18+/m1/s1. The predicted octanol–water partition coefficient (Wildman–Crippen LogP) is 2.65. The van der Waals surface area contributed by atoms with Crippen LogP contribution in [0.15, 0.2) is 48.5 Å². The summed E-state index contributed by atoms with van der Waals surface area (Å²) in [6.07, 6.45) is 0.306. The van der Waals surface area contributed by atoms with Crippen LogP contribution in [-0.4, -0.2) is 16.8 Å². The summed E-state index contributed by atoms with van der Waals surface area (Å²) in [4.78, 5) is 34.9. The molecule has 7 nitrogen and oxygen atoms in total. The Kier molecular flexibility index (Phi) is 3.00. The molecular weight excluding hydrogens is 324 g/mol. The molecule has 1 saturated carbocycles. The molecule has 1 heterocycles. The molecule has 0 bridgehead atoms. The summed E-state index contributed by atoms with van der Waals surface area (Å²) < 4.78 is 5.63. The number of nitro benzene ring substituents is 1. The normalized spacial score (nSPS) is 26.0. The number of nitrogens with zero attached hydrogens (tertiary/aromatic N) is 1. The van der Waals surface area contributed by atoms with Crippen molar-refractivity contribution in [3.63, 3.8) is 0 Å². The summed E-state index contributed by atoms with van der Waals surface area (Å²) in [6.45, 7) is 1.29. The highest BCUT2D eigenvalue weighted by Gasteiger charge is 2.79. The lowest BCUT2D eigenvalue weighted by atomic mass is 9.89. The summed E-state index contributed by atoms with van der Waals surface area (Å²) in [5.74, 6) is -0.735. The minimum atomic E-state index is -1.15. The Bertz CT molecular complexity index is 923. The number of non-ortho nitro benzene ring substituents is 1. The molecule has 7 heteroatoms. The second kappa shape index (κ2) is 4.89. The van der Waals surface area contributed by atoms with E-state index in [4.69, 9.17) is 4.74 Å². The predicted molar refractivity (Wildman–Crippen MR) is 87.9 cm³/mol. The first-order valence-electron chi connectivity index (χ1n) is 7.76. The molecule has 1 N–H and O–H groups in total. The molecule has 1 aliphatic heterocycles. The summed E-state index contributed by atoms with van der Waals surface area (Å²) in [7, 11) is 0. The summed E-state index contributed by atoms with van der Waals surface area (Å²) in [6, 6.07) is 13.1. The zero-order valence-electron chi connectivity index (χ0n) is 13.3. The van der Waals surface area contributed by atoms with Crippen LogP contribution in [0.25, 0.3) is 0 Å². The number of nitrogens with one attached hydrogen (secondary N) is 1. The second-order valence-corrected chi connectivity index (χ2v) is 6.31. The lowest BCUT2D eigenvalue weighted by Gasteiger charge is -2.22. The number of hydrogen-bond donors (Lipinski definition) is 1. The molecule has 0 aromatic heterocycles. The third kappa shape index (κ3) is 1.92. The topological polar surface area (TPSA) is 98.5 Å². The van der Waals surface area contributed by atoms with Gasteiger partial charge in [-0.15, -0.1) is 0 Å². The highest BCUT2D eigenvalue weighted by atomic mass is 16.6. The van der Waals surface area contributed by atoms with E-state index < -0.39 is 21.9 Å². The van der Waals surface area contributed by atoms with E-state index >= 15 is 0 Å². The third-order valence-corrected chi connectivity index (χ3v) is 4.96. The number of carbonyl (C=O) groups is 2. The van der Waals surface area contributed by atoms with Crippen LogP contribution >= 0.6 is 0 Å². The SMILES string of the molecule is CC(=O)O[C@]1(c2ccc([N+](=O)[O-])cc2)C[C@@]12C(=O)Nc1ccccc12. The van der Waals surface area contributed by atoms with Crippen LogP contribution in [0.1, 0.15) is 24.5 Å². The lowest BCUT2D eigenvalue weighted by Crippen LogP contribution is -2.32. The Labute approximate surface area is 142 Å². The van der Waals surface area contributed by atoms with Crippen molar-refractivity contribution in [3.8, 4) is 0 Å². The molecule has 126 valence electrons. The highest BCUT2D eigenvalue weighted by molar-refractivity contribution is 6.10. The maximum absolute atomic E-state index is 12.8. The van der Waals surface area contributed by atoms with E-state index in [1.165, 1.54) is 19.1 Å². The van der Waals surface area contributed by atoms with Gasteiger partial charge < -0.3 is 10.1 Å². The Morgan fingerprint density at radius 2 is 1.88 bits per heavy atom. The van der Waals surface area contributed by atoms with E-state index in [0.717, 1.165) is 5.56 Å². The molecule has 1 aliphatic carbocycles. The van der Waals surface area contributed by atoms with Gasteiger partial charge in [-0.2, -0.15) is 0 Å². The second-order valence-electron chi connectivity index (χ2n) is 6.31. The maximum Gasteiger partial charge on any atom is 0.303 e. The molecule has 2 aliphatic rings. The van der Waals surface area contributed by atoms with Gasteiger partial charge in [0.05, 0.1) is 4.92 Å². The van der Waals surface area contributed by atoms with Crippen molar-refractivity contribution in [2.75, 3.05) is 5.32 Å². The smallest absolute Gasteiger partial charge is 0.303 e. The number of ether oxygens (including phenoxy) is 1. The van der Waals surface area contributed by atoms with Crippen molar-refractivity contribution in [1.82, 2.24) is 0 Å². The van der Waals surface area contributed by atoms with Crippen molar-refractivity contribution >= 4 is 23.3 Å². The van der Waals surface area contributed by atoms with Gasteiger partial charge in [-0.3, -0.25) is 19.7 Å². The Hall–Kier alpha value is -3.22. The monoisotopic (exact) mass is 338 g/mol. The first kappa shape index (κ1) is 15.3. The van der Waals surface area contributed by atoms with Crippen molar-refractivity contribution < 1.29 is 19.2 Å². The molecule has 4 rings (SSSR count). The van der Waals surface area contributed by atoms with Crippen molar-refractivity contribution in [1.29, 1.82) is 0 Å². The number of benzene rings is 2. The molecule has 25 heavy (non-hydrogen) atoms. The van der Waals surface area contributed by atoms with E-state index in [9.17, 15) is 19.7 Å². The van der Waals surface area contributed by atoms with Gasteiger partial charge in [0, 0.05) is 31.2 Å². The number of amides is 1. The molecule has 0 radical (unpaired) electrons. The Morgan fingerprint density at radius 1 is 1.20 bits per heavy atom. The van der Waals surface area contributed by atoms with Gasteiger partial charge in [0.1, 0.15) is 5.41 Å². The van der Waals surface area contributed by atoms with Gasteiger partial charge >= 0.3 is 5.97 Å². The van der Waals surface area contributed by atoms with Gasteiger partial charge in [-0.1, -0.05) is 18.2 Å². The number of anilines is 1. The summed E-state index contributed by atoms with van der Waals surface area (Å²) in [5, 5.41) is 13.7. The average Bonchev–Trinajstić information content (AvgIpc) is 3.16. The van der Waals surface area contributed by atoms with Crippen molar-refractivity contribution in [2.24, 2.45) is 0 Å². The lowest BCUT2D eigenvalue weighted by molar-refractivity contribution is -0.384. The fraction of sp³-hybridized carbons (Fsp3) is 0.222. The average molecular weight is 338 g/mol. The fourth-order valence-corrected chi connectivity index (χ4v) is 3.85. The van der Waals surface area contributed by atoms with E-state index in [1.807, 2.05) is 18.2 Å². The van der Waals surface area contributed by atoms with E-state index in [0.29, 0.717) is 17.7 Å². The van der Waals surface area contributed by atoms with Gasteiger partial charge in [0.15, 0.2) is 5.60 Å². The largest absolute Gasteiger partial charge is 0.453 e. The third-order valence-electron chi connectivity index (χ3n) is 4.96. The maximum atomic E-state index is 12.8. The first-order chi connectivity index (χ1) is 11.9. The number of esters is 1. The summed E-state index contributed by atoms with van der Waals surface area (Å²) in [5.41, 5.74) is -0.161. The van der Waals surface area contributed by atoms with E-state index in [2.05, 4.69) is 5.32 Å². The van der Waals surface area contributed by atoms with Crippen LogP contribution in [0.2, 0.25) is 0 Å². The van der Waals surface area contributed by atoms with E-state index in [1.54, 1.807) is 18.2 Å². The number of para-hydroxylation sites is 1. The fourth-order valence-electron chi connectivity index (χ4n) is 3.85. The molecule has 2 atom stereocenters. The van der Waals surface area contributed by atoms with Crippen molar-refractivity contribution in [2.45, 2.75) is 24.4 Å². The molecule has 1 spiro atoms. The first-order valence-corrected chi connectivity index (χ1v) is 7.76. The molecule has 1 fully saturated rings. The van der Waals surface area contributed by atoms with Crippen molar-refractivity contribution in [3.05, 3.63) is 69.8 Å². The molecule has 1 amide bonds. The van der Waals surface area contributed by atoms with Crippen LogP contribution in [0.5, 0.6) is 0 Å². The zero-order chi connectivity index (χ0) is 17.8. The molecule has 0 saturated heterocycles. The zero-order valence-corrected chi connectivity index (χ0v) is 13.3. The van der Waals surface area contributed by atoms with Gasteiger partial charge in [-0.25, -0.2) is 0 Å². The number of hydrogen-bond acceptors (Lipinski definition) is 5. The summed E-state index contributed by atoms with van der Waals surface area (Å²) >= 11 is 0. The van der Waals surface area contributed by atoms with Crippen LogP contribution in [-0.2, 0) is 25.3 Å². The van der Waals surface area contributed by atoms with Crippen LogP contribution in [0.4, 0.5) is 11.4 Å². The molecular formula is C18H14N2O5. The van der Waals surface area contributed by atoms with Gasteiger partial charge in [0.2, 0.25) is 5.91 Å². The Morgan fingerprint density at radius 3 is 2.52 bits per heavy atom. The minimum Gasteiger partial charge on any atom is -0.453 e. The van der Waals surface area contributed by atoms with Crippen LogP contribution < -0.4 is 5.32 Å². The number of rotatable bonds is 3. The quantitative estimate of drug-likeness (QED) is 0.527. The van der Waals surface area contributed by atoms with E-state index in [-0.39, 0.29) is 11.6 Å². The highest BCUT2D eigenvalue weighted by Crippen LogP contribution is 2.69. The van der Waals surface area contributed by atoms with Crippen LogP contribution in [0.3, 0.4) is 0 Å². The van der Waals surface area contributed by atoms with Crippen LogP contribution in [0, 0.1) is 10.1 Å². The number of carbonyl (C=O) groups excluding carboxylic acids is 2. The minimum absolute atomic E-state index is 0.0623.